The fourth-order valence-electron chi connectivity index (χ4n) is 1.32. The van der Waals surface area contributed by atoms with E-state index < -0.39 is 16.0 Å². The third-order valence-electron chi connectivity index (χ3n) is 2.14. The molecule has 0 aliphatic rings. The normalized spacial score (nSPS) is 11.2. The molecule has 0 aliphatic carbocycles. The van der Waals surface area contributed by atoms with Crippen LogP contribution in [-0.2, 0) is 19.6 Å². The second kappa shape index (κ2) is 6.36. The number of para-hydroxylation sites is 1. The molecule has 0 heterocycles. The molecule has 0 spiro atoms. The highest BCUT2D eigenvalue weighted by Crippen LogP contribution is 2.16. The first kappa shape index (κ1) is 14.5. The van der Waals surface area contributed by atoms with Crippen LogP contribution in [0.25, 0.3) is 0 Å². The molecule has 1 aromatic carbocycles. The quantitative estimate of drug-likeness (QED) is 0.580. The van der Waals surface area contributed by atoms with Crippen molar-refractivity contribution >= 4 is 21.7 Å². The minimum absolute atomic E-state index is 0.00820. The summed E-state index contributed by atoms with van der Waals surface area (Å²) >= 11 is 0. The summed E-state index contributed by atoms with van der Waals surface area (Å²) in [5, 5.41) is 0. The lowest BCUT2D eigenvalue weighted by molar-refractivity contribution is -0.142. The smallest absolute Gasteiger partial charge is 0.307 e. The second-order valence-corrected chi connectivity index (χ2v) is 5.23. The molecule has 0 fully saturated rings. The van der Waals surface area contributed by atoms with E-state index in [-0.39, 0.29) is 30.2 Å². The number of hydrogen-bond acceptors (Lipinski definition) is 5. The number of carbonyl (C=O) groups is 1. The van der Waals surface area contributed by atoms with Crippen molar-refractivity contribution in [1.82, 2.24) is 4.72 Å². The van der Waals surface area contributed by atoms with Crippen LogP contribution in [0.1, 0.15) is 13.3 Å². The van der Waals surface area contributed by atoms with E-state index in [4.69, 9.17) is 5.73 Å². The lowest BCUT2D eigenvalue weighted by atomic mass is 10.3. The maximum Gasteiger partial charge on any atom is 0.307 e. The molecule has 1 aromatic rings. The minimum Gasteiger partial charge on any atom is -0.466 e. The van der Waals surface area contributed by atoms with Crippen LogP contribution in [0.5, 0.6) is 0 Å². The van der Waals surface area contributed by atoms with Gasteiger partial charge in [-0.15, -0.1) is 0 Å². The van der Waals surface area contributed by atoms with Crippen LogP contribution in [0.4, 0.5) is 5.69 Å². The van der Waals surface area contributed by atoms with Crippen molar-refractivity contribution in [2.24, 2.45) is 0 Å². The summed E-state index contributed by atoms with van der Waals surface area (Å²) in [4.78, 5) is 11.1. The number of benzene rings is 1. The molecule has 0 atom stereocenters. The maximum absolute atomic E-state index is 11.8. The van der Waals surface area contributed by atoms with Crippen molar-refractivity contribution in [3.63, 3.8) is 0 Å². The molecular formula is C11H16N2O4S. The Bertz CT molecular complexity index is 514. The largest absolute Gasteiger partial charge is 0.466 e. The topological polar surface area (TPSA) is 98.5 Å². The molecule has 0 radical (unpaired) electrons. The number of nitrogens with one attached hydrogen (secondary N) is 1. The van der Waals surface area contributed by atoms with Crippen molar-refractivity contribution in [2.45, 2.75) is 18.2 Å². The molecule has 0 bridgehead atoms. The van der Waals surface area contributed by atoms with E-state index in [1.165, 1.54) is 12.1 Å². The number of nitrogen functional groups attached to an aromatic ring is 1. The van der Waals surface area contributed by atoms with Gasteiger partial charge in [0.25, 0.3) is 0 Å². The highest BCUT2D eigenvalue weighted by Gasteiger charge is 2.16. The summed E-state index contributed by atoms with van der Waals surface area (Å²) in [5.41, 5.74) is 5.74. The minimum atomic E-state index is -3.68. The van der Waals surface area contributed by atoms with Crippen molar-refractivity contribution < 1.29 is 17.9 Å². The van der Waals surface area contributed by atoms with Crippen LogP contribution in [0.2, 0.25) is 0 Å². The molecule has 0 unspecified atom stereocenters. The molecule has 0 aromatic heterocycles. The first-order chi connectivity index (χ1) is 8.47. The Morgan fingerprint density at radius 2 is 2.06 bits per heavy atom. The molecule has 0 saturated carbocycles. The summed E-state index contributed by atoms with van der Waals surface area (Å²) in [6.07, 6.45) is -0.0141. The van der Waals surface area contributed by atoms with Gasteiger partial charge in [-0.2, -0.15) is 0 Å². The number of rotatable bonds is 6. The number of ether oxygens (including phenoxy) is 1. The Morgan fingerprint density at radius 3 is 2.67 bits per heavy atom. The summed E-state index contributed by atoms with van der Waals surface area (Å²) in [6, 6.07) is 6.13. The van der Waals surface area contributed by atoms with Crippen LogP contribution < -0.4 is 10.5 Å². The van der Waals surface area contributed by atoms with Gasteiger partial charge >= 0.3 is 5.97 Å². The van der Waals surface area contributed by atoms with E-state index >= 15 is 0 Å². The highest BCUT2D eigenvalue weighted by atomic mass is 32.2. The Labute approximate surface area is 106 Å². The highest BCUT2D eigenvalue weighted by molar-refractivity contribution is 7.89. The Hall–Kier alpha value is -1.60. The molecule has 100 valence electrons. The van der Waals surface area contributed by atoms with Gasteiger partial charge in [0.15, 0.2) is 0 Å². The molecular weight excluding hydrogens is 256 g/mol. The van der Waals surface area contributed by atoms with Gasteiger partial charge in [-0.1, -0.05) is 12.1 Å². The zero-order chi connectivity index (χ0) is 13.6. The number of nitrogens with two attached hydrogens (primary N) is 1. The van der Waals surface area contributed by atoms with Crippen molar-refractivity contribution in [3.8, 4) is 0 Å². The summed E-state index contributed by atoms with van der Waals surface area (Å²) in [6.45, 7) is 1.94. The molecule has 3 N–H and O–H groups in total. The predicted molar refractivity (Wildman–Crippen MR) is 67.3 cm³/mol. The molecule has 0 saturated heterocycles. The average molecular weight is 272 g/mol. The Kier molecular flexibility index (Phi) is 5.11. The average Bonchev–Trinajstić information content (AvgIpc) is 2.29. The molecule has 0 amide bonds. The van der Waals surface area contributed by atoms with E-state index in [0.717, 1.165) is 0 Å². The maximum atomic E-state index is 11.8. The molecule has 1 rings (SSSR count). The Balaban J connectivity index is 2.61. The van der Waals surface area contributed by atoms with Gasteiger partial charge in [-0.05, 0) is 19.1 Å². The predicted octanol–water partition coefficient (Wildman–Crippen LogP) is 0.500. The van der Waals surface area contributed by atoms with Gasteiger partial charge in [0.1, 0.15) is 4.90 Å². The van der Waals surface area contributed by atoms with Crippen LogP contribution in [0.3, 0.4) is 0 Å². The second-order valence-electron chi connectivity index (χ2n) is 3.49. The third kappa shape index (κ3) is 4.01. The van der Waals surface area contributed by atoms with Gasteiger partial charge in [-0.25, -0.2) is 13.1 Å². The number of carbonyl (C=O) groups excluding carboxylic acids is 1. The lowest BCUT2D eigenvalue weighted by Gasteiger charge is -2.08. The van der Waals surface area contributed by atoms with Crippen molar-refractivity contribution in [3.05, 3.63) is 24.3 Å². The first-order valence-corrected chi connectivity index (χ1v) is 6.95. The lowest BCUT2D eigenvalue weighted by Crippen LogP contribution is -2.27. The molecule has 6 nitrogen and oxygen atoms in total. The van der Waals surface area contributed by atoms with E-state index in [9.17, 15) is 13.2 Å². The van der Waals surface area contributed by atoms with E-state index in [2.05, 4.69) is 9.46 Å². The fourth-order valence-corrected chi connectivity index (χ4v) is 2.49. The molecule has 7 heteroatoms. The Morgan fingerprint density at radius 1 is 1.39 bits per heavy atom. The van der Waals surface area contributed by atoms with Crippen LogP contribution >= 0.6 is 0 Å². The van der Waals surface area contributed by atoms with E-state index in [1.54, 1.807) is 19.1 Å². The zero-order valence-corrected chi connectivity index (χ0v) is 10.9. The monoisotopic (exact) mass is 272 g/mol. The summed E-state index contributed by atoms with van der Waals surface area (Å²) < 4.78 is 30.7. The first-order valence-electron chi connectivity index (χ1n) is 5.47. The fraction of sp³-hybridized carbons (Fsp3) is 0.364. The standard InChI is InChI=1S/C11H16N2O4S/c1-2-17-11(14)7-8-13-18(15,16)10-6-4-3-5-9(10)12/h3-6,13H,2,7-8,12H2,1H3. The van der Waals surface area contributed by atoms with Crippen molar-refractivity contribution in [1.29, 1.82) is 0 Å². The van der Waals surface area contributed by atoms with E-state index in [0.29, 0.717) is 0 Å². The number of hydrogen-bond donors (Lipinski definition) is 2. The van der Waals surface area contributed by atoms with Crippen LogP contribution in [0.15, 0.2) is 29.2 Å². The van der Waals surface area contributed by atoms with E-state index in [1.807, 2.05) is 0 Å². The number of anilines is 1. The van der Waals surface area contributed by atoms with Crippen LogP contribution in [0, 0.1) is 0 Å². The van der Waals surface area contributed by atoms with Crippen LogP contribution in [-0.4, -0.2) is 27.5 Å². The van der Waals surface area contributed by atoms with Gasteiger partial charge in [0.05, 0.1) is 18.7 Å². The zero-order valence-electron chi connectivity index (χ0n) is 10.0. The molecule has 18 heavy (non-hydrogen) atoms. The summed E-state index contributed by atoms with van der Waals surface area (Å²) in [7, 11) is -3.68. The summed E-state index contributed by atoms with van der Waals surface area (Å²) in [5.74, 6) is -0.443. The molecule has 0 aliphatic heterocycles. The van der Waals surface area contributed by atoms with Gasteiger partial charge in [0.2, 0.25) is 10.0 Å². The number of esters is 1. The van der Waals surface area contributed by atoms with Gasteiger partial charge in [0, 0.05) is 6.54 Å². The van der Waals surface area contributed by atoms with Gasteiger partial charge < -0.3 is 10.5 Å². The van der Waals surface area contributed by atoms with Crippen molar-refractivity contribution in [2.75, 3.05) is 18.9 Å². The third-order valence-corrected chi connectivity index (χ3v) is 3.67. The SMILES string of the molecule is CCOC(=O)CCNS(=O)(=O)c1ccccc1N. The number of sulfonamides is 1. The van der Waals surface area contributed by atoms with Gasteiger partial charge in [-0.3, -0.25) is 4.79 Å².